The van der Waals surface area contributed by atoms with Gasteiger partial charge in [-0.3, -0.25) is 4.79 Å². The summed E-state index contributed by atoms with van der Waals surface area (Å²) in [5, 5.41) is 0. The molecule has 3 nitrogen and oxygen atoms in total. The monoisotopic (exact) mass is 266 g/mol. The van der Waals surface area contributed by atoms with Crippen LogP contribution in [0, 0.1) is 0 Å². The fourth-order valence-corrected chi connectivity index (χ4v) is 2.59. The van der Waals surface area contributed by atoms with Crippen LogP contribution in [0.5, 0.6) is 0 Å². The van der Waals surface area contributed by atoms with Crippen LogP contribution in [0.3, 0.4) is 0 Å². The lowest BCUT2D eigenvalue weighted by atomic mass is 10.3. The van der Waals surface area contributed by atoms with Crippen molar-refractivity contribution in [2.45, 2.75) is 26.3 Å². The van der Waals surface area contributed by atoms with Gasteiger partial charge in [-0.15, -0.1) is 0 Å². The van der Waals surface area contributed by atoms with E-state index in [0.717, 1.165) is 17.9 Å². The highest BCUT2D eigenvalue weighted by molar-refractivity contribution is 8.00. The van der Waals surface area contributed by atoms with Gasteiger partial charge in [0.2, 0.25) is 5.91 Å². The third-order valence-corrected chi connectivity index (χ3v) is 3.88. The van der Waals surface area contributed by atoms with E-state index in [2.05, 4.69) is 6.92 Å². The van der Waals surface area contributed by atoms with Crippen LogP contribution < -0.4 is 10.6 Å². The topological polar surface area (TPSA) is 46.3 Å². The molecule has 0 radical (unpaired) electrons. The largest absolute Gasteiger partial charge is 0.327 e. The highest BCUT2D eigenvalue weighted by Gasteiger charge is 2.13. The lowest BCUT2D eigenvalue weighted by molar-refractivity contribution is -0.116. The summed E-state index contributed by atoms with van der Waals surface area (Å²) in [5.41, 5.74) is 6.80. The number of anilines is 1. The summed E-state index contributed by atoms with van der Waals surface area (Å²) in [5.74, 6) is 1.49. The number of thioether (sulfide) groups is 1. The SMILES string of the molecule is CCC(N)CSCC(=O)N(CC)c1ccccc1. The normalized spacial score (nSPS) is 12.2. The number of hydrogen-bond acceptors (Lipinski definition) is 3. The molecule has 100 valence electrons. The number of benzene rings is 1. The van der Waals surface area contributed by atoms with E-state index < -0.39 is 0 Å². The third-order valence-electron chi connectivity index (χ3n) is 2.77. The van der Waals surface area contributed by atoms with Crippen molar-refractivity contribution in [2.24, 2.45) is 5.73 Å². The van der Waals surface area contributed by atoms with Crippen molar-refractivity contribution in [3.05, 3.63) is 30.3 Å². The first-order valence-electron chi connectivity index (χ1n) is 6.37. The summed E-state index contributed by atoms with van der Waals surface area (Å²) >= 11 is 1.62. The Bertz CT molecular complexity index is 356. The lowest BCUT2D eigenvalue weighted by Gasteiger charge is -2.21. The molecule has 2 N–H and O–H groups in total. The van der Waals surface area contributed by atoms with Crippen LogP contribution in [-0.2, 0) is 4.79 Å². The van der Waals surface area contributed by atoms with Gasteiger partial charge in [0, 0.05) is 24.0 Å². The first-order chi connectivity index (χ1) is 8.69. The Labute approximate surface area is 114 Å². The standard InChI is InChI=1S/C14H22N2OS/c1-3-12(15)10-18-11-14(17)16(4-2)13-8-6-5-7-9-13/h5-9,12H,3-4,10-11,15H2,1-2H3. The molecule has 1 unspecified atom stereocenters. The van der Waals surface area contributed by atoms with Gasteiger partial charge in [-0.25, -0.2) is 0 Å². The predicted octanol–water partition coefficient (Wildman–Crippen LogP) is 2.51. The van der Waals surface area contributed by atoms with E-state index in [9.17, 15) is 4.79 Å². The molecule has 18 heavy (non-hydrogen) atoms. The van der Waals surface area contributed by atoms with Crippen LogP contribution in [-0.4, -0.2) is 30.0 Å². The summed E-state index contributed by atoms with van der Waals surface area (Å²) in [4.78, 5) is 13.9. The van der Waals surface area contributed by atoms with E-state index in [4.69, 9.17) is 5.73 Å². The zero-order valence-electron chi connectivity index (χ0n) is 11.1. The molecule has 1 rings (SSSR count). The van der Waals surface area contributed by atoms with Crippen LogP contribution in [0.1, 0.15) is 20.3 Å². The maximum absolute atomic E-state index is 12.1. The molecule has 1 aromatic rings. The molecule has 0 bridgehead atoms. The van der Waals surface area contributed by atoms with Crippen LogP contribution in [0.15, 0.2) is 30.3 Å². The second-order valence-electron chi connectivity index (χ2n) is 4.16. The van der Waals surface area contributed by atoms with Crippen molar-refractivity contribution in [1.29, 1.82) is 0 Å². The molecular formula is C14H22N2OS. The first kappa shape index (κ1) is 15.1. The second-order valence-corrected chi connectivity index (χ2v) is 5.19. The van der Waals surface area contributed by atoms with Gasteiger partial charge in [-0.2, -0.15) is 11.8 Å². The minimum Gasteiger partial charge on any atom is -0.327 e. The molecule has 1 aromatic carbocycles. The van der Waals surface area contributed by atoms with Gasteiger partial charge in [0.25, 0.3) is 0 Å². The summed E-state index contributed by atoms with van der Waals surface area (Å²) < 4.78 is 0. The quantitative estimate of drug-likeness (QED) is 0.825. The summed E-state index contributed by atoms with van der Waals surface area (Å²) in [6.07, 6.45) is 0.956. The molecule has 0 aromatic heterocycles. The summed E-state index contributed by atoms with van der Waals surface area (Å²) in [6, 6.07) is 9.97. The molecule has 0 saturated carbocycles. The maximum atomic E-state index is 12.1. The van der Waals surface area contributed by atoms with Crippen molar-refractivity contribution in [3.8, 4) is 0 Å². The number of rotatable bonds is 7. The van der Waals surface area contributed by atoms with Crippen molar-refractivity contribution in [2.75, 3.05) is 23.0 Å². The van der Waals surface area contributed by atoms with E-state index in [1.807, 2.05) is 42.2 Å². The van der Waals surface area contributed by atoms with Crippen molar-refractivity contribution in [3.63, 3.8) is 0 Å². The minimum atomic E-state index is 0.150. The Morgan fingerprint density at radius 2 is 2.00 bits per heavy atom. The second kappa shape index (κ2) is 8.16. The fraction of sp³-hybridized carbons (Fsp3) is 0.500. The van der Waals surface area contributed by atoms with Gasteiger partial charge in [0.1, 0.15) is 0 Å². The van der Waals surface area contributed by atoms with E-state index in [-0.39, 0.29) is 11.9 Å². The molecule has 1 amide bonds. The lowest BCUT2D eigenvalue weighted by Crippen LogP contribution is -2.32. The third kappa shape index (κ3) is 4.70. The Balaban J connectivity index is 2.48. The van der Waals surface area contributed by atoms with Crippen molar-refractivity contribution >= 4 is 23.4 Å². The van der Waals surface area contributed by atoms with Gasteiger partial charge >= 0.3 is 0 Å². The van der Waals surface area contributed by atoms with Gasteiger partial charge < -0.3 is 10.6 Å². The van der Waals surface area contributed by atoms with Crippen LogP contribution >= 0.6 is 11.8 Å². The number of hydrogen-bond donors (Lipinski definition) is 1. The van der Waals surface area contributed by atoms with Crippen LogP contribution in [0.25, 0.3) is 0 Å². The first-order valence-corrected chi connectivity index (χ1v) is 7.53. The zero-order valence-corrected chi connectivity index (χ0v) is 12.0. The smallest absolute Gasteiger partial charge is 0.236 e. The highest BCUT2D eigenvalue weighted by Crippen LogP contribution is 2.15. The number of carbonyl (C=O) groups is 1. The molecule has 0 aliphatic rings. The summed E-state index contributed by atoms with van der Waals surface area (Å²) in [6.45, 7) is 4.76. The molecule has 0 aliphatic carbocycles. The van der Waals surface area contributed by atoms with Gasteiger partial charge in [0.05, 0.1) is 5.75 Å². The number of nitrogens with two attached hydrogens (primary N) is 1. The maximum Gasteiger partial charge on any atom is 0.236 e. The zero-order chi connectivity index (χ0) is 13.4. The molecule has 0 saturated heterocycles. The number of nitrogens with zero attached hydrogens (tertiary/aromatic N) is 1. The molecule has 0 aliphatic heterocycles. The molecule has 1 atom stereocenters. The van der Waals surface area contributed by atoms with E-state index in [1.165, 1.54) is 0 Å². The Morgan fingerprint density at radius 1 is 1.33 bits per heavy atom. The molecular weight excluding hydrogens is 244 g/mol. The van der Waals surface area contributed by atoms with Gasteiger partial charge in [-0.05, 0) is 25.5 Å². The Kier molecular flexibility index (Phi) is 6.83. The summed E-state index contributed by atoms with van der Waals surface area (Å²) in [7, 11) is 0. The van der Waals surface area contributed by atoms with Crippen LogP contribution in [0.4, 0.5) is 5.69 Å². The molecule has 4 heteroatoms. The van der Waals surface area contributed by atoms with Crippen LogP contribution in [0.2, 0.25) is 0 Å². The Hall–Kier alpha value is -1.00. The predicted molar refractivity (Wildman–Crippen MR) is 80.1 cm³/mol. The number of carbonyl (C=O) groups excluding carboxylic acids is 1. The Morgan fingerprint density at radius 3 is 2.56 bits per heavy atom. The van der Waals surface area contributed by atoms with E-state index in [0.29, 0.717) is 12.3 Å². The number of para-hydroxylation sites is 1. The molecule has 0 fully saturated rings. The van der Waals surface area contributed by atoms with Gasteiger partial charge in [-0.1, -0.05) is 25.1 Å². The van der Waals surface area contributed by atoms with Crippen molar-refractivity contribution in [1.82, 2.24) is 0 Å². The van der Waals surface area contributed by atoms with Gasteiger partial charge in [0.15, 0.2) is 0 Å². The molecule has 0 spiro atoms. The number of amides is 1. The highest BCUT2D eigenvalue weighted by atomic mass is 32.2. The van der Waals surface area contributed by atoms with Crippen molar-refractivity contribution < 1.29 is 4.79 Å². The van der Waals surface area contributed by atoms with E-state index in [1.54, 1.807) is 11.8 Å². The fourth-order valence-electron chi connectivity index (χ4n) is 1.60. The minimum absolute atomic E-state index is 0.150. The van der Waals surface area contributed by atoms with E-state index >= 15 is 0 Å². The average Bonchev–Trinajstić information content (AvgIpc) is 2.40. The molecule has 0 heterocycles. The average molecular weight is 266 g/mol.